The fraction of sp³-hybridized carbons (Fsp3) is 0.556. The Hall–Kier alpha value is -0.960. The summed E-state index contributed by atoms with van der Waals surface area (Å²) >= 11 is 1.98. The molecule has 0 bridgehead atoms. The van der Waals surface area contributed by atoms with Gasteiger partial charge in [-0.2, -0.15) is 11.8 Å². The zero-order valence-corrected chi connectivity index (χ0v) is 18.1. The fourth-order valence-electron chi connectivity index (χ4n) is 3.20. The molecule has 3 rings (SSSR count). The predicted octanol–water partition coefficient (Wildman–Crippen LogP) is 3.56. The lowest BCUT2D eigenvalue weighted by atomic mass is 10.2. The normalized spacial score (nSPS) is 20.5. The number of aromatic nitrogens is 2. The topological polar surface area (TPSA) is 65.1 Å². The molecule has 2 aromatic rings. The summed E-state index contributed by atoms with van der Waals surface area (Å²) in [5.41, 5.74) is 2.12. The molecule has 0 radical (unpaired) electrons. The Kier molecular flexibility index (Phi) is 8.35. The number of nitrogens with one attached hydrogen (secondary N) is 3. The summed E-state index contributed by atoms with van der Waals surface area (Å²) in [5, 5.41) is 7.74. The van der Waals surface area contributed by atoms with Gasteiger partial charge < -0.3 is 15.6 Å². The van der Waals surface area contributed by atoms with Gasteiger partial charge in [-0.05, 0) is 44.6 Å². The van der Waals surface area contributed by atoms with E-state index in [1.807, 2.05) is 30.0 Å². The number of benzene rings is 1. The molecule has 1 saturated carbocycles. The van der Waals surface area contributed by atoms with Crippen LogP contribution in [0, 0.1) is 0 Å². The van der Waals surface area contributed by atoms with Crippen molar-refractivity contribution in [3.8, 4) is 0 Å². The van der Waals surface area contributed by atoms with Gasteiger partial charge in [0.05, 0.1) is 11.0 Å². The Morgan fingerprint density at radius 1 is 1.36 bits per heavy atom. The monoisotopic (exact) mass is 473 g/mol. The molecule has 1 heterocycles. The van der Waals surface area contributed by atoms with Crippen LogP contribution < -0.4 is 10.6 Å². The van der Waals surface area contributed by atoms with Crippen LogP contribution in [0.25, 0.3) is 11.0 Å². The number of rotatable bonds is 6. The highest BCUT2D eigenvalue weighted by Crippen LogP contribution is 2.28. The first-order valence-electron chi connectivity index (χ1n) is 8.79. The van der Waals surface area contributed by atoms with Crippen molar-refractivity contribution in [3.05, 3.63) is 30.1 Å². The summed E-state index contributed by atoms with van der Waals surface area (Å²) in [4.78, 5) is 12.7. The molecule has 7 heteroatoms. The van der Waals surface area contributed by atoms with Crippen molar-refractivity contribution in [1.29, 1.82) is 0 Å². The van der Waals surface area contributed by atoms with E-state index in [0.29, 0.717) is 6.04 Å². The molecular formula is C18H28IN5S. The molecule has 3 N–H and O–H groups in total. The molecule has 0 aliphatic heterocycles. The Morgan fingerprint density at radius 3 is 2.92 bits per heavy atom. The second-order valence-corrected chi connectivity index (χ2v) is 7.36. The number of imidazole rings is 1. The number of nitrogens with zero attached hydrogens (tertiary/aromatic N) is 2. The second kappa shape index (κ2) is 10.3. The SMILES string of the molecule is CCNC(=NCCc1nc2ccccc2[nH]1)NC1CCC(SC)C1.I. The third-order valence-electron chi connectivity index (χ3n) is 4.46. The van der Waals surface area contributed by atoms with Crippen molar-refractivity contribution < 1.29 is 0 Å². The van der Waals surface area contributed by atoms with Crippen LogP contribution in [0.5, 0.6) is 0 Å². The zero-order valence-electron chi connectivity index (χ0n) is 14.9. The number of hydrogen-bond donors (Lipinski definition) is 3. The van der Waals surface area contributed by atoms with Crippen LogP contribution in [0.3, 0.4) is 0 Å². The number of aromatic amines is 1. The lowest BCUT2D eigenvalue weighted by molar-refractivity contribution is 0.615. The molecule has 1 aromatic heterocycles. The lowest BCUT2D eigenvalue weighted by Crippen LogP contribution is -2.42. The minimum absolute atomic E-state index is 0. The van der Waals surface area contributed by atoms with Gasteiger partial charge in [0.1, 0.15) is 5.82 Å². The molecule has 2 unspecified atom stereocenters. The van der Waals surface area contributed by atoms with Crippen LogP contribution in [-0.2, 0) is 6.42 Å². The maximum Gasteiger partial charge on any atom is 0.191 e. The highest BCUT2D eigenvalue weighted by Gasteiger charge is 2.24. The first kappa shape index (κ1) is 20.4. The minimum Gasteiger partial charge on any atom is -0.357 e. The third kappa shape index (κ3) is 5.77. The number of guanidine groups is 1. The molecule has 1 aliphatic rings. The van der Waals surface area contributed by atoms with Crippen molar-refractivity contribution in [2.75, 3.05) is 19.3 Å². The van der Waals surface area contributed by atoms with E-state index in [9.17, 15) is 0 Å². The van der Waals surface area contributed by atoms with Gasteiger partial charge in [0.25, 0.3) is 0 Å². The summed E-state index contributed by atoms with van der Waals surface area (Å²) in [6.45, 7) is 3.72. The number of fused-ring (bicyclic) bond motifs is 1. The Morgan fingerprint density at radius 2 is 2.20 bits per heavy atom. The van der Waals surface area contributed by atoms with Crippen molar-refractivity contribution in [1.82, 2.24) is 20.6 Å². The number of para-hydroxylation sites is 2. The highest BCUT2D eigenvalue weighted by atomic mass is 127. The lowest BCUT2D eigenvalue weighted by Gasteiger charge is -2.17. The second-order valence-electron chi connectivity index (χ2n) is 6.22. The van der Waals surface area contributed by atoms with E-state index in [2.05, 4.69) is 39.8 Å². The van der Waals surface area contributed by atoms with E-state index < -0.39 is 0 Å². The van der Waals surface area contributed by atoms with E-state index in [1.165, 1.54) is 19.3 Å². The van der Waals surface area contributed by atoms with Gasteiger partial charge in [0.2, 0.25) is 0 Å². The van der Waals surface area contributed by atoms with Crippen molar-refractivity contribution in [2.45, 2.75) is 43.9 Å². The molecule has 0 spiro atoms. The molecular weight excluding hydrogens is 445 g/mol. The molecule has 25 heavy (non-hydrogen) atoms. The van der Waals surface area contributed by atoms with Gasteiger partial charge in [0, 0.05) is 30.8 Å². The minimum atomic E-state index is 0. The molecule has 0 amide bonds. The summed E-state index contributed by atoms with van der Waals surface area (Å²) < 4.78 is 0. The average molecular weight is 473 g/mol. The quantitative estimate of drug-likeness (QED) is 0.341. The Bertz CT molecular complexity index is 654. The van der Waals surface area contributed by atoms with E-state index in [-0.39, 0.29) is 24.0 Å². The maximum absolute atomic E-state index is 4.72. The molecule has 1 aliphatic carbocycles. The number of aliphatic imine (C=N–C) groups is 1. The largest absolute Gasteiger partial charge is 0.357 e. The third-order valence-corrected chi connectivity index (χ3v) is 5.55. The van der Waals surface area contributed by atoms with Crippen LogP contribution >= 0.6 is 35.7 Å². The molecule has 1 aromatic carbocycles. The van der Waals surface area contributed by atoms with E-state index in [4.69, 9.17) is 4.99 Å². The van der Waals surface area contributed by atoms with E-state index in [1.54, 1.807) is 0 Å². The summed E-state index contributed by atoms with van der Waals surface area (Å²) in [7, 11) is 0. The van der Waals surface area contributed by atoms with Gasteiger partial charge >= 0.3 is 0 Å². The molecule has 0 saturated heterocycles. The van der Waals surface area contributed by atoms with Crippen LogP contribution in [0.1, 0.15) is 32.0 Å². The molecule has 138 valence electrons. The number of thioether (sulfide) groups is 1. The first-order valence-corrected chi connectivity index (χ1v) is 10.1. The number of halogens is 1. The Balaban J connectivity index is 0.00000225. The molecule has 1 fully saturated rings. The first-order chi connectivity index (χ1) is 11.8. The average Bonchev–Trinajstić information content (AvgIpc) is 3.20. The number of H-pyrrole nitrogens is 1. The Labute approximate surface area is 171 Å². The van der Waals surface area contributed by atoms with Crippen molar-refractivity contribution >= 4 is 52.7 Å². The van der Waals surface area contributed by atoms with Gasteiger partial charge in [-0.1, -0.05) is 12.1 Å². The van der Waals surface area contributed by atoms with Crippen LogP contribution in [0.2, 0.25) is 0 Å². The van der Waals surface area contributed by atoms with Gasteiger partial charge in [0.15, 0.2) is 5.96 Å². The van der Waals surface area contributed by atoms with Crippen LogP contribution in [0.15, 0.2) is 29.3 Å². The molecule has 5 nitrogen and oxygen atoms in total. The highest BCUT2D eigenvalue weighted by molar-refractivity contribution is 14.0. The van der Waals surface area contributed by atoms with Crippen molar-refractivity contribution in [2.24, 2.45) is 4.99 Å². The summed E-state index contributed by atoms with van der Waals surface area (Å²) in [5.74, 6) is 1.93. The van der Waals surface area contributed by atoms with Gasteiger partial charge in [-0.25, -0.2) is 4.98 Å². The van der Waals surface area contributed by atoms with E-state index >= 15 is 0 Å². The van der Waals surface area contributed by atoms with Crippen LogP contribution in [0.4, 0.5) is 0 Å². The summed E-state index contributed by atoms with van der Waals surface area (Å²) in [6, 6.07) is 8.68. The van der Waals surface area contributed by atoms with Gasteiger partial charge in [-0.15, -0.1) is 24.0 Å². The standard InChI is InChI=1S/C18H27N5S.HI/c1-3-19-18(21-13-8-9-14(12-13)24-2)20-11-10-17-22-15-6-4-5-7-16(15)23-17;/h4-7,13-14H,3,8-12H2,1-2H3,(H,22,23)(H2,19,20,21);1H. The fourth-order valence-corrected chi connectivity index (χ4v) is 3.99. The zero-order chi connectivity index (χ0) is 16.8. The smallest absolute Gasteiger partial charge is 0.191 e. The van der Waals surface area contributed by atoms with Crippen LogP contribution in [-0.4, -0.2) is 46.6 Å². The van der Waals surface area contributed by atoms with Crippen molar-refractivity contribution in [3.63, 3.8) is 0 Å². The molecule has 2 atom stereocenters. The number of hydrogen-bond acceptors (Lipinski definition) is 3. The van der Waals surface area contributed by atoms with Gasteiger partial charge in [-0.3, -0.25) is 4.99 Å². The predicted molar refractivity (Wildman–Crippen MR) is 119 cm³/mol. The summed E-state index contributed by atoms with van der Waals surface area (Å²) in [6.07, 6.45) is 6.80. The maximum atomic E-state index is 4.72. The van der Waals surface area contributed by atoms with E-state index in [0.717, 1.165) is 47.6 Å².